The van der Waals surface area contributed by atoms with Crippen molar-refractivity contribution in [3.05, 3.63) is 52.1 Å². The van der Waals surface area contributed by atoms with Crippen molar-refractivity contribution in [2.75, 3.05) is 0 Å². The fourth-order valence-electron chi connectivity index (χ4n) is 1.53. The third-order valence-corrected chi connectivity index (χ3v) is 3.04. The van der Waals surface area contributed by atoms with Gasteiger partial charge < -0.3 is 0 Å². The normalized spacial score (nSPS) is 11.7. The third kappa shape index (κ3) is 2.59. The Morgan fingerprint density at radius 3 is 2.13 bits per heavy atom. The molecule has 80 valence electrons. The van der Waals surface area contributed by atoms with Gasteiger partial charge in [-0.1, -0.05) is 30.4 Å². The molecule has 0 saturated heterocycles. The lowest BCUT2D eigenvalue weighted by Gasteiger charge is -2.10. The van der Waals surface area contributed by atoms with Gasteiger partial charge in [-0.2, -0.15) is 0 Å². The second-order valence-electron chi connectivity index (χ2n) is 4.35. The van der Waals surface area contributed by atoms with Crippen LogP contribution in [0, 0.1) is 20.8 Å². The van der Waals surface area contributed by atoms with Gasteiger partial charge in [0.1, 0.15) is 0 Å². The van der Waals surface area contributed by atoms with E-state index in [1.54, 1.807) is 0 Å². The monoisotopic (exact) mass is 200 g/mol. The minimum Gasteiger partial charge on any atom is -0.0958 e. The van der Waals surface area contributed by atoms with Crippen molar-refractivity contribution in [3.8, 4) is 0 Å². The molecule has 0 saturated carbocycles. The lowest BCUT2D eigenvalue weighted by molar-refractivity contribution is 1.27. The van der Waals surface area contributed by atoms with Crippen molar-refractivity contribution < 1.29 is 0 Å². The maximum Gasteiger partial charge on any atom is -0.0193 e. The molecule has 0 heterocycles. The molecule has 0 N–H and O–H groups in total. The average Bonchev–Trinajstić information content (AvgIpc) is 2.18. The van der Waals surface area contributed by atoms with Crippen LogP contribution in [0.4, 0.5) is 0 Å². The van der Waals surface area contributed by atoms with Gasteiger partial charge in [0.15, 0.2) is 0 Å². The zero-order chi connectivity index (χ0) is 11.6. The summed E-state index contributed by atoms with van der Waals surface area (Å²) in [7, 11) is 0. The Balaban J connectivity index is 3.32. The van der Waals surface area contributed by atoms with E-state index in [1.165, 1.54) is 27.8 Å². The highest BCUT2D eigenvalue weighted by molar-refractivity contribution is 5.64. The van der Waals surface area contributed by atoms with Crippen molar-refractivity contribution in [3.63, 3.8) is 0 Å². The molecule has 15 heavy (non-hydrogen) atoms. The van der Waals surface area contributed by atoms with Crippen molar-refractivity contribution >= 4 is 6.08 Å². The molecule has 0 unspecified atom stereocenters. The van der Waals surface area contributed by atoms with Gasteiger partial charge in [0.25, 0.3) is 0 Å². The van der Waals surface area contributed by atoms with Crippen LogP contribution in [0.1, 0.15) is 36.1 Å². The summed E-state index contributed by atoms with van der Waals surface area (Å²) in [6, 6.07) is 4.36. The minimum atomic E-state index is 1.13. The highest BCUT2D eigenvalue weighted by Crippen LogP contribution is 2.22. The summed E-state index contributed by atoms with van der Waals surface area (Å²) in [6.07, 6.45) is 2.24. The maximum atomic E-state index is 3.96. The topological polar surface area (TPSA) is 0 Å². The molecular formula is C15H20. The Hall–Kier alpha value is -1.30. The molecule has 0 aliphatic carbocycles. The number of allylic oxidation sites excluding steroid dienone is 2. The number of rotatable bonds is 2. The van der Waals surface area contributed by atoms with E-state index in [9.17, 15) is 0 Å². The van der Waals surface area contributed by atoms with Crippen LogP contribution in [0.5, 0.6) is 0 Å². The summed E-state index contributed by atoms with van der Waals surface area (Å²) in [6.45, 7) is 14.6. The molecule has 0 aromatic heterocycles. The molecule has 0 atom stereocenters. The molecular weight excluding hydrogens is 180 g/mol. The fraction of sp³-hybridized carbons (Fsp3) is 0.333. The van der Waals surface area contributed by atoms with Crippen LogP contribution in [0.3, 0.4) is 0 Å². The van der Waals surface area contributed by atoms with Gasteiger partial charge in [0.05, 0.1) is 0 Å². The quantitative estimate of drug-likeness (QED) is 0.612. The van der Waals surface area contributed by atoms with Gasteiger partial charge in [0.2, 0.25) is 0 Å². The molecule has 1 aromatic carbocycles. The van der Waals surface area contributed by atoms with Crippen LogP contribution in [0.25, 0.3) is 6.08 Å². The first-order valence-electron chi connectivity index (χ1n) is 5.34. The summed E-state index contributed by atoms with van der Waals surface area (Å²) in [4.78, 5) is 0. The van der Waals surface area contributed by atoms with Crippen molar-refractivity contribution in [1.29, 1.82) is 0 Å². The van der Waals surface area contributed by atoms with E-state index in [0.29, 0.717) is 0 Å². The number of benzene rings is 1. The van der Waals surface area contributed by atoms with Crippen LogP contribution in [0.15, 0.2) is 29.9 Å². The number of hydrogen-bond acceptors (Lipinski definition) is 0. The van der Waals surface area contributed by atoms with E-state index >= 15 is 0 Å². The molecule has 0 bridgehead atoms. The molecule has 0 radical (unpaired) electrons. The van der Waals surface area contributed by atoms with Crippen molar-refractivity contribution in [1.82, 2.24) is 0 Å². The van der Waals surface area contributed by atoms with Gasteiger partial charge in [-0.05, 0) is 62.4 Å². The van der Waals surface area contributed by atoms with Crippen LogP contribution in [-0.4, -0.2) is 0 Å². The molecule has 1 rings (SSSR count). The molecule has 0 heteroatoms. The molecule has 1 aromatic rings. The van der Waals surface area contributed by atoms with Gasteiger partial charge in [0, 0.05) is 0 Å². The minimum absolute atomic E-state index is 1.13. The van der Waals surface area contributed by atoms with Gasteiger partial charge in [-0.15, -0.1) is 0 Å². The first kappa shape index (κ1) is 11.8. The van der Waals surface area contributed by atoms with Crippen molar-refractivity contribution in [2.45, 2.75) is 34.6 Å². The molecule has 0 nitrogen and oxygen atoms in total. The number of aryl methyl sites for hydroxylation is 2. The summed E-state index contributed by atoms with van der Waals surface area (Å²) in [5, 5.41) is 0. The van der Waals surface area contributed by atoms with Crippen molar-refractivity contribution in [2.24, 2.45) is 0 Å². The number of hydrogen-bond donors (Lipinski definition) is 0. The van der Waals surface area contributed by atoms with Crippen LogP contribution in [-0.2, 0) is 0 Å². The van der Waals surface area contributed by atoms with E-state index in [4.69, 9.17) is 0 Å². The Bertz CT molecular complexity index is 420. The van der Waals surface area contributed by atoms with E-state index in [-0.39, 0.29) is 0 Å². The third-order valence-electron chi connectivity index (χ3n) is 3.04. The maximum absolute atomic E-state index is 3.96. The molecule has 0 spiro atoms. The first-order valence-corrected chi connectivity index (χ1v) is 5.34. The van der Waals surface area contributed by atoms with Gasteiger partial charge in [-0.25, -0.2) is 0 Å². The van der Waals surface area contributed by atoms with Gasteiger partial charge >= 0.3 is 0 Å². The molecule has 0 aliphatic rings. The second-order valence-corrected chi connectivity index (χ2v) is 4.35. The highest BCUT2D eigenvalue weighted by Gasteiger charge is 2.02. The summed E-state index contributed by atoms with van der Waals surface area (Å²) < 4.78 is 0. The van der Waals surface area contributed by atoms with Crippen LogP contribution in [0.2, 0.25) is 0 Å². The summed E-state index contributed by atoms with van der Waals surface area (Å²) in [5.41, 5.74) is 7.79. The zero-order valence-electron chi connectivity index (χ0n) is 10.4. The average molecular weight is 200 g/mol. The largest absolute Gasteiger partial charge is 0.0958 e. The predicted molar refractivity (Wildman–Crippen MR) is 69.1 cm³/mol. The fourth-order valence-corrected chi connectivity index (χ4v) is 1.53. The molecule has 0 fully saturated rings. The van der Waals surface area contributed by atoms with E-state index in [1.807, 2.05) is 6.92 Å². The standard InChI is InChI=1S/C15H20/c1-10(2)13(5)9-15-12(4)8-7-11(3)14(15)6/h7-9H,1H2,2-6H3/b13-9+. The summed E-state index contributed by atoms with van der Waals surface area (Å²) >= 11 is 0. The SMILES string of the molecule is C=C(C)/C(C)=C/c1c(C)ccc(C)c1C. The Morgan fingerprint density at radius 1 is 1.07 bits per heavy atom. The van der Waals surface area contributed by atoms with Crippen LogP contribution < -0.4 is 0 Å². The van der Waals surface area contributed by atoms with Crippen LogP contribution >= 0.6 is 0 Å². The lowest BCUT2D eigenvalue weighted by Crippen LogP contribution is -1.91. The van der Waals surface area contributed by atoms with Gasteiger partial charge in [-0.3, -0.25) is 0 Å². The second kappa shape index (κ2) is 4.48. The van der Waals surface area contributed by atoms with E-state index in [0.717, 1.165) is 5.57 Å². The smallest absolute Gasteiger partial charge is 0.0193 e. The lowest BCUT2D eigenvalue weighted by atomic mass is 9.96. The highest BCUT2D eigenvalue weighted by atomic mass is 14.1. The van der Waals surface area contributed by atoms with E-state index in [2.05, 4.69) is 52.5 Å². The summed E-state index contributed by atoms with van der Waals surface area (Å²) in [5.74, 6) is 0. The first-order chi connectivity index (χ1) is 6.93. The Kier molecular flexibility index (Phi) is 3.52. The predicted octanol–water partition coefficient (Wildman–Crippen LogP) is 4.59. The Labute approximate surface area is 93.3 Å². The molecule has 0 aliphatic heterocycles. The zero-order valence-corrected chi connectivity index (χ0v) is 10.4. The molecule has 0 amide bonds. The van der Waals surface area contributed by atoms with E-state index < -0.39 is 0 Å². The Morgan fingerprint density at radius 2 is 1.60 bits per heavy atom.